The van der Waals surface area contributed by atoms with Crippen LogP contribution in [0.25, 0.3) is 11.0 Å². The van der Waals surface area contributed by atoms with E-state index in [0.29, 0.717) is 5.82 Å². The van der Waals surface area contributed by atoms with Crippen LogP contribution in [0.3, 0.4) is 0 Å². The highest BCUT2D eigenvalue weighted by Gasteiger charge is 2.20. The lowest BCUT2D eigenvalue weighted by Crippen LogP contribution is -2.35. The molecule has 3 rings (SSSR count). The molecule has 118 valence electrons. The quantitative estimate of drug-likeness (QED) is 0.947. The zero-order valence-corrected chi connectivity index (χ0v) is 13.0. The van der Waals surface area contributed by atoms with E-state index in [1.165, 1.54) is 12.8 Å². The van der Waals surface area contributed by atoms with E-state index in [2.05, 4.69) is 4.98 Å². The summed E-state index contributed by atoms with van der Waals surface area (Å²) in [5.74, 6) is 0.677. The van der Waals surface area contributed by atoms with Crippen LogP contribution in [0.1, 0.15) is 44.5 Å². The Bertz CT molecular complexity index is 655. The van der Waals surface area contributed by atoms with Crippen molar-refractivity contribution < 1.29 is 9.90 Å². The van der Waals surface area contributed by atoms with Gasteiger partial charge in [0.25, 0.3) is 0 Å². The van der Waals surface area contributed by atoms with Gasteiger partial charge in [-0.15, -0.1) is 0 Å². The topological polar surface area (TPSA) is 58.4 Å². The number of likely N-dealkylation sites (tertiary alicyclic amines) is 1. The second-order valence-electron chi connectivity index (χ2n) is 6.02. The average Bonchev–Trinajstić information content (AvgIpc) is 2.70. The van der Waals surface area contributed by atoms with Crippen molar-refractivity contribution in [3.05, 3.63) is 30.1 Å². The van der Waals surface area contributed by atoms with Crippen molar-refractivity contribution >= 4 is 16.9 Å². The normalized spacial score (nSPS) is 17.5. The summed E-state index contributed by atoms with van der Waals surface area (Å²) in [4.78, 5) is 19.1. The molecule has 5 heteroatoms. The molecule has 1 aromatic heterocycles. The van der Waals surface area contributed by atoms with Crippen molar-refractivity contribution in [3.63, 3.8) is 0 Å². The summed E-state index contributed by atoms with van der Waals surface area (Å²) in [5, 5.41) is 9.97. The monoisotopic (exact) mass is 301 g/mol. The van der Waals surface area contributed by atoms with Crippen LogP contribution in [0, 0.1) is 0 Å². The van der Waals surface area contributed by atoms with Crippen LogP contribution in [0.4, 0.5) is 0 Å². The number of nitrogens with zero attached hydrogens (tertiary/aromatic N) is 3. The van der Waals surface area contributed by atoms with Gasteiger partial charge in [0.2, 0.25) is 5.91 Å². The van der Waals surface area contributed by atoms with Crippen LogP contribution < -0.4 is 0 Å². The number of hydrogen-bond acceptors (Lipinski definition) is 3. The van der Waals surface area contributed by atoms with E-state index >= 15 is 0 Å². The van der Waals surface area contributed by atoms with Crippen molar-refractivity contribution in [1.29, 1.82) is 0 Å². The minimum atomic E-state index is -0.690. The Morgan fingerprint density at radius 3 is 2.59 bits per heavy atom. The van der Waals surface area contributed by atoms with Crippen molar-refractivity contribution in [1.82, 2.24) is 14.5 Å². The van der Waals surface area contributed by atoms with Crippen molar-refractivity contribution in [2.75, 3.05) is 13.1 Å². The highest BCUT2D eigenvalue weighted by Crippen LogP contribution is 2.21. The van der Waals surface area contributed by atoms with Gasteiger partial charge in [0, 0.05) is 13.1 Å². The lowest BCUT2D eigenvalue weighted by atomic mass is 10.2. The lowest BCUT2D eigenvalue weighted by Gasteiger charge is -2.21. The van der Waals surface area contributed by atoms with Crippen LogP contribution >= 0.6 is 0 Å². The predicted molar refractivity (Wildman–Crippen MR) is 85.4 cm³/mol. The third-order valence-electron chi connectivity index (χ3n) is 4.31. The molecule has 1 aliphatic heterocycles. The van der Waals surface area contributed by atoms with Crippen LogP contribution in [-0.4, -0.2) is 38.6 Å². The lowest BCUT2D eigenvalue weighted by molar-refractivity contribution is -0.131. The molecule has 1 N–H and O–H groups in total. The van der Waals surface area contributed by atoms with E-state index in [1.807, 2.05) is 33.7 Å². The molecular formula is C17H23N3O2. The summed E-state index contributed by atoms with van der Waals surface area (Å²) in [5.41, 5.74) is 1.73. The first-order valence-corrected chi connectivity index (χ1v) is 8.08. The molecule has 1 atom stereocenters. The molecule has 22 heavy (non-hydrogen) atoms. The second kappa shape index (κ2) is 6.48. The number of hydrogen-bond donors (Lipinski definition) is 1. The third kappa shape index (κ3) is 2.99. The van der Waals surface area contributed by atoms with Gasteiger partial charge < -0.3 is 14.6 Å². The molecule has 2 heterocycles. The van der Waals surface area contributed by atoms with Crippen LogP contribution in [0.2, 0.25) is 0 Å². The van der Waals surface area contributed by atoms with Gasteiger partial charge in [-0.05, 0) is 31.9 Å². The number of amides is 1. The van der Waals surface area contributed by atoms with Crippen molar-refractivity contribution in [2.45, 2.75) is 45.3 Å². The van der Waals surface area contributed by atoms with E-state index < -0.39 is 6.10 Å². The number of carbonyl (C=O) groups is 1. The van der Waals surface area contributed by atoms with Gasteiger partial charge >= 0.3 is 0 Å². The predicted octanol–water partition coefficient (Wildman–Crippen LogP) is 2.49. The maximum Gasteiger partial charge on any atom is 0.242 e. The molecule has 1 fully saturated rings. The fourth-order valence-electron chi connectivity index (χ4n) is 3.13. The molecule has 1 unspecified atom stereocenters. The molecule has 5 nitrogen and oxygen atoms in total. The number of carbonyl (C=O) groups excluding carboxylic acids is 1. The highest BCUT2D eigenvalue weighted by atomic mass is 16.3. The van der Waals surface area contributed by atoms with Gasteiger partial charge in [-0.3, -0.25) is 4.79 Å². The molecule has 1 saturated heterocycles. The van der Waals surface area contributed by atoms with Crippen molar-refractivity contribution in [3.8, 4) is 0 Å². The summed E-state index contributed by atoms with van der Waals surface area (Å²) in [6.45, 7) is 3.62. The number of fused-ring (bicyclic) bond motifs is 1. The summed E-state index contributed by atoms with van der Waals surface area (Å²) < 4.78 is 1.85. The molecular weight excluding hydrogens is 278 g/mol. The number of aliphatic hydroxyl groups is 1. The summed E-state index contributed by atoms with van der Waals surface area (Å²) >= 11 is 0. The SMILES string of the molecule is CC(O)c1nc2ccccc2n1CC(=O)N1CCCCCC1. The van der Waals surface area contributed by atoms with E-state index in [1.54, 1.807) is 6.92 Å². The molecule has 1 amide bonds. The minimum absolute atomic E-state index is 0.118. The second-order valence-corrected chi connectivity index (χ2v) is 6.02. The summed E-state index contributed by atoms with van der Waals surface area (Å²) in [6.07, 6.45) is 3.89. The molecule has 0 radical (unpaired) electrons. The van der Waals surface area contributed by atoms with E-state index in [9.17, 15) is 9.90 Å². The number of aromatic nitrogens is 2. The van der Waals surface area contributed by atoms with Crippen LogP contribution in [0.5, 0.6) is 0 Å². The fraction of sp³-hybridized carbons (Fsp3) is 0.529. The van der Waals surface area contributed by atoms with Gasteiger partial charge in [0.05, 0.1) is 11.0 Å². The Kier molecular flexibility index (Phi) is 4.43. The van der Waals surface area contributed by atoms with E-state index in [-0.39, 0.29) is 12.5 Å². The van der Waals surface area contributed by atoms with Gasteiger partial charge in [0.1, 0.15) is 18.5 Å². The van der Waals surface area contributed by atoms with Gasteiger partial charge in [0.15, 0.2) is 0 Å². The number of aliphatic hydroxyl groups excluding tert-OH is 1. The van der Waals surface area contributed by atoms with E-state index in [0.717, 1.165) is 37.0 Å². The largest absolute Gasteiger partial charge is 0.385 e. The zero-order valence-electron chi connectivity index (χ0n) is 13.0. The number of benzene rings is 1. The van der Waals surface area contributed by atoms with Gasteiger partial charge in [-0.25, -0.2) is 4.98 Å². The fourth-order valence-corrected chi connectivity index (χ4v) is 3.13. The first-order valence-electron chi connectivity index (χ1n) is 8.08. The smallest absolute Gasteiger partial charge is 0.242 e. The number of rotatable bonds is 3. The molecule has 1 aromatic carbocycles. The number of para-hydroxylation sites is 2. The Balaban J connectivity index is 1.88. The maximum absolute atomic E-state index is 12.6. The summed E-state index contributed by atoms with van der Waals surface area (Å²) in [6, 6.07) is 7.71. The molecule has 0 saturated carbocycles. The Morgan fingerprint density at radius 1 is 1.23 bits per heavy atom. The molecule has 0 bridgehead atoms. The molecule has 1 aliphatic rings. The standard InChI is InChI=1S/C17H23N3O2/c1-13(21)17-18-14-8-4-5-9-15(14)20(17)12-16(22)19-10-6-2-3-7-11-19/h4-5,8-9,13,21H,2-3,6-7,10-12H2,1H3. The maximum atomic E-state index is 12.6. The average molecular weight is 301 g/mol. The van der Waals surface area contributed by atoms with Crippen LogP contribution in [-0.2, 0) is 11.3 Å². The Hall–Kier alpha value is -1.88. The van der Waals surface area contributed by atoms with Gasteiger partial charge in [-0.2, -0.15) is 0 Å². The minimum Gasteiger partial charge on any atom is -0.385 e. The molecule has 2 aromatic rings. The first kappa shape index (κ1) is 15.0. The zero-order chi connectivity index (χ0) is 15.5. The highest BCUT2D eigenvalue weighted by molar-refractivity contribution is 5.81. The first-order chi connectivity index (χ1) is 10.7. The molecule has 0 spiro atoms. The third-order valence-corrected chi connectivity index (χ3v) is 4.31. The van der Waals surface area contributed by atoms with E-state index in [4.69, 9.17) is 0 Å². The van der Waals surface area contributed by atoms with Gasteiger partial charge in [-0.1, -0.05) is 25.0 Å². The Morgan fingerprint density at radius 2 is 1.91 bits per heavy atom. The Labute approximate surface area is 130 Å². The van der Waals surface area contributed by atoms with Crippen molar-refractivity contribution in [2.24, 2.45) is 0 Å². The van der Waals surface area contributed by atoms with Crippen LogP contribution in [0.15, 0.2) is 24.3 Å². The number of imidazole rings is 1. The molecule has 0 aliphatic carbocycles. The summed E-state index contributed by atoms with van der Waals surface area (Å²) in [7, 11) is 0.